The number of carbonyl (C=O) groups is 1. The van der Waals surface area contributed by atoms with Crippen LogP contribution in [0.5, 0.6) is 0 Å². The number of aromatic nitrogens is 1. The molecule has 2 N–H and O–H groups in total. The number of carbonyl (C=O) groups excluding carboxylic acids is 1. The minimum atomic E-state index is -0.328. The van der Waals surface area contributed by atoms with E-state index in [1.807, 2.05) is 18.4 Å². The van der Waals surface area contributed by atoms with Gasteiger partial charge in [0, 0.05) is 12.2 Å². The van der Waals surface area contributed by atoms with Crippen LogP contribution in [0.3, 0.4) is 0 Å². The first-order valence-corrected chi connectivity index (χ1v) is 6.34. The van der Waals surface area contributed by atoms with Gasteiger partial charge in [-0.25, -0.2) is 4.79 Å². The van der Waals surface area contributed by atoms with E-state index in [1.54, 1.807) is 12.3 Å². The van der Waals surface area contributed by atoms with Gasteiger partial charge in [-0.2, -0.15) is 0 Å². The zero-order valence-corrected chi connectivity index (χ0v) is 10.9. The molecule has 18 heavy (non-hydrogen) atoms. The number of nitrogen functional groups attached to an aromatic ring is 1. The first-order chi connectivity index (χ1) is 8.58. The number of esters is 1. The average Bonchev–Trinajstić information content (AvgIpc) is 3.07. The molecule has 5 heteroatoms. The Bertz CT molecular complexity index is 422. The smallest absolute Gasteiger partial charge is 0.355 e. The molecule has 0 aliphatic heterocycles. The van der Waals surface area contributed by atoms with Crippen LogP contribution >= 0.6 is 0 Å². The van der Waals surface area contributed by atoms with E-state index in [9.17, 15) is 4.79 Å². The first kappa shape index (κ1) is 13.0. The Morgan fingerprint density at radius 2 is 2.22 bits per heavy atom. The van der Waals surface area contributed by atoms with Crippen LogP contribution in [0, 0.1) is 0 Å². The van der Waals surface area contributed by atoms with E-state index in [0.717, 1.165) is 12.8 Å². The van der Waals surface area contributed by atoms with E-state index in [-0.39, 0.29) is 18.7 Å². The van der Waals surface area contributed by atoms with Gasteiger partial charge in [0.05, 0.1) is 18.4 Å². The van der Waals surface area contributed by atoms with E-state index in [1.165, 1.54) is 0 Å². The summed E-state index contributed by atoms with van der Waals surface area (Å²) in [6, 6.07) is 2.08. The first-order valence-electron chi connectivity index (χ1n) is 6.34. The van der Waals surface area contributed by atoms with Gasteiger partial charge in [0.1, 0.15) is 12.3 Å². The standard InChI is InChI=1S/C13H20N2O3/c1-9(2)17-5-6-18-13(16)12-7-10(14)8-15(12)11-3-4-11/h7-9,11H,3-6,14H2,1-2H3. The second-order valence-electron chi connectivity index (χ2n) is 4.85. The van der Waals surface area contributed by atoms with Crippen molar-refractivity contribution in [3.63, 3.8) is 0 Å². The molecular weight excluding hydrogens is 232 g/mol. The molecular formula is C13H20N2O3. The monoisotopic (exact) mass is 252 g/mol. The second-order valence-corrected chi connectivity index (χ2v) is 4.85. The van der Waals surface area contributed by atoms with Gasteiger partial charge in [0.2, 0.25) is 0 Å². The van der Waals surface area contributed by atoms with Crippen molar-refractivity contribution in [2.24, 2.45) is 0 Å². The van der Waals surface area contributed by atoms with Crippen LogP contribution in [-0.4, -0.2) is 29.9 Å². The summed E-state index contributed by atoms with van der Waals surface area (Å²) in [5.41, 5.74) is 6.87. The van der Waals surface area contributed by atoms with Crippen LogP contribution in [-0.2, 0) is 9.47 Å². The molecule has 0 atom stereocenters. The van der Waals surface area contributed by atoms with Crippen LogP contribution < -0.4 is 5.73 Å². The van der Waals surface area contributed by atoms with Crippen molar-refractivity contribution in [1.29, 1.82) is 0 Å². The lowest BCUT2D eigenvalue weighted by molar-refractivity contribution is 0.0169. The molecule has 0 bridgehead atoms. The highest BCUT2D eigenvalue weighted by atomic mass is 16.6. The molecule has 0 aromatic carbocycles. The van der Waals surface area contributed by atoms with E-state index in [4.69, 9.17) is 15.2 Å². The maximum absolute atomic E-state index is 11.9. The van der Waals surface area contributed by atoms with E-state index >= 15 is 0 Å². The summed E-state index contributed by atoms with van der Waals surface area (Å²) < 4.78 is 12.4. The Morgan fingerprint density at radius 1 is 1.50 bits per heavy atom. The third kappa shape index (κ3) is 3.26. The predicted octanol–water partition coefficient (Wildman–Crippen LogP) is 1.99. The maximum atomic E-state index is 11.9. The molecule has 1 aromatic rings. The Balaban J connectivity index is 1.88. The van der Waals surface area contributed by atoms with Crippen molar-refractivity contribution in [3.05, 3.63) is 18.0 Å². The maximum Gasteiger partial charge on any atom is 0.355 e. The van der Waals surface area contributed by atoms with Gasteiger partial charge in [0.15, 0.2) is 0 Å². The zero-order chi connectivity index (χ0) is 13.1. The van der Waals surface area contributed by atoms with Gasteiger partial charge in [-0.1, -0.05) is 0 Å². The molecule has 5 nitrogen and oxygen atoms in total. The van der Waals surface area contributed by atoms with Crippen molar-refractivity contribution in [2.45, 2.75) is 38.8 Å². The van der Waals surface area contributed by atoms with E-state index < -0.39 is 0 Å². The van der Waals surface area contributed by atoms with Gasteiger partial charge in [-0.05, 0) is 32.8 Å². The fraction of sp³-hybridized carbons (Fsp3) is 0.615. The average molecular weight is 252 g/mol. The van der Waals surface area contributed by atoms with E-state index in [0.29, 0.717) is 24.0 Å². The summed E-state index contributed by atoms with van der Waals surface area (Å²) >= 11 is 0. The number of anilines is 1. The molecule has 1 aliphatic rings. The molecule has 1 saturated carbocycles. The quantitative estimate of drug-likeness (QED) is 0.621. The highest BCUT2D eigenvalue weighted by molar-refractivity contribution is 5.89. The van der Waals surface area contributed by atoms with Crippen LogP contribution in [0.25, 0.3) is 0 Å². The molecule has 100 valence electrons. The van der Waals surface area contributed by atoms with Gasteiger partial charge >= 0.3 is 5.97 Å². The summed E-state index contributed by atoms with van der Waals surface area (Å²) in [5.74, 6) is -0.328. The molecule has 1 aliphatic carbocycles. The van der Waals surface area contributed by atoms with Crippen molar-refractivity contribution in [3.8, 4) is 0 Å². The summed E-state index contributed by atoms with van der Waals surface area (Å²) in [4.78, 5) is 11.9. The number of hydrogen-bond donors (Lipinski definition) is 1. The van der Waals surface area contributed by atoms with Gasteiger partial charge < -0.3 is 19.8 Å². The lowest BCUT2D eigenvalue weighted by atomic mass is 10.4. The topological polar surface area (TPSA) is 66.5 Å². The Kier molecular flexibility index (Phi) is 3.91. The van der Waals surface area contributed by atoms with Crippen LogP contribution in [0.1, 0.15) is 43.2 Å². The van der Waals surface area contributed by atoms with Crippen LogP contribution in [0.15, 0.2) is 12.3 Å². The summed E-state index contributed by atoms with van der Waals surface area (Å²) in [5, 5.41) is 0. The third-order valence-corrected chi connectivity index (χ3v) is 2.79. The largest absolute Gasteiger partial charge is 0.459 e. The number of rotatable bonds is 6. The molecule has 1 fully saturated rings. The number of nitrogens with two attached hydrogens (primary N) is 1. The van der Waals surface area contributed by atoms with Crippen LogP contribution in [0.4, 0.5) is 5.69 Å². The molecule has 0 radical (unpaired) electrons. The van der Waals surface area contributed by atoms with Crippen molar-refractivity contribution >= 4 is 11.7 Å². The van der Waals surface area contributed by atoms with Crippen molar-refractivity contribution in [2.75, 3.05) is 18.9 Å². The normalized spacial score (nSPS) is 15.1. The Hall–Kier alpha value is -1.49. The number of nitrogens with zero attached hydrogens (tertiary/aromatic N) is 1. The van der Waals surface area contributed by atoms with Gasteiger partial charge in [-0.3, -0.25) is 0 Å². The molecule has 0 saturated heterocycles. The van der Waals surface area contributed by atoms with Gasteiger partial charge in [-0.15, -0.1) is 0 Å². The fourth-order valence-electron chi connectivity index (χ4n) is 1.81. The molecule has 1 heterocycles. The lowest BCUT2D eigenvalue weighted by Gasteiger charge is -2.09. The zero-order valence-electron chi connectivity index (χ0n) is 10.9. The number of hydrogen-bond acceptors (Lipinski definition) is 4. The third-order valence-electron chi connectivity index (χ3n) is 2.79. The highest BCUT2D eigenvalue weighted by Gasteiger charge is 2.28. The number of ether oxygens (including phenoxy) is 2. The van der Waals surface area contributed by atoms with E-state index in [2.05, 4.69) is 0 Å². The summed E-state index contributed by atoms with van der Waals surface area (Å²) in [6.45, 7) is 4.58. The minimum absolute atomic E-state index is 0.148. The van der Waals surface area contributed by atoms with Crippen molar-refractivity contribution in [1.82, 2.24) is 4.57 Å². The molecule has 2 rings (SSSR count). The minimum Gasteiger partial charge on any atom is -0.459 e. The lowest BCUT2D eigenvalue weighted by Crippen LogP contribution is -2.16. The Labute approximate surface area is 107 Å². The summed E-state index contributed by atoms with van der Waals surface area (Å²) in [7, 11) is 0. The van der Waals surface area contributed by atoms with Gasteiger partial charge in [0.25, 0.3) is 0 Å². The molecule has 1 aromatic heterocycles. The molecule has 0 spiro atoms. The second kappa shape index (κ2) is 5.44. The Morgan fingerprint density at radius 3 is 2.83 bits per heavy atom. The molecule has 0 amide bonds. The SMILES string of the molecule is CC(C)OCCOC(=O)c1cc(N)cn1C1CC1. The molecule has 0 unspecified atom stereocenters. The predicted molar refractivity (Wildman–Crippen MR) is 68.5 cm³/mol. The highest BCUT2D eigenvalue weighted by Crippen LogP contribution is 2.37. The summed E-state index contributed by atoms with van der Waals surface area (Å²) in [6.07, 6.45) is 4.16. The van der Waals surface area contributed by atoms with Crippen molar-refractivity contribution < 1.29 is 14.3 Å². The van der Waals surface area contributed by atoms with Crippen LogP contribution in [0.2, 0.25) is 0 Å². The fourth-order valence-corrected chi connectivity index (χ4v) is 1.81.